The molecule has 4 nitrogen and oxygen atoms in total. The summed E-state index contributed by atoms with van der Waals surface area (Å²) in [6, 6.07) is 64.6. The molecule has 0 saturated carbocycles. The average molecular weight is 729 g/mol. The lowest BCUT2D eigenvalue weighted by Crippen LogP contribution is -2.01. The van der Waals surface area contributed by atoms with Crippen molar-refractivity contribution in [3.05, 3.63) is 199 Å². The second-order valence-electron chi connectivity index (χ2n) is 14.7. The lowest BCUT2D eigenvalue weighted by molar-refractivity contribution is 0.989. The monoisotopic (exact) mass is 728 g/mol. The Morgan fingerprint density at radius 3 is 1.77 bits per heavy atom. The highest BCUT2D eigenvalue weighted by Crippen LogP contribution is 2.42. The van der Waals surface area contributed by atoms with Gasteiger partial charge in [0.05, 0.1) is 11.0 Å². The predicted octanol–water partition coefficient (Wildman–Crippen LogP) is 13.4. The Labute approximate surface area is 331 Å². The fourth-order valence-electron chi connectivity index (χ4n) is 8.65. The molecule has 0 fully saturated rings. The van der Waals surface area contributed by atoms with E-state index in [1.165, 1.54) is 54.9 Å². The number of allylic oxidation sites excluding steroid dienone is 1. The number of benzene rings is 8. The van der Waals surface area contributed by atoms with Crippen LogP contribution in [0.5, 0.6) is 0 Å². The van der Waals surface area contributed by atoms with Gasteiger partial charge in [0.2, 0.25) is 0 Å². The molecule has 0 saturated heterocycles. The first-order valence-electron chi connectivity index (χ1n) is 19.6. The Morgan fingerprint density at radius 1 is 0.421 bits per heavy atom. The highest BCUT2D eigenvalue weighted by Gasteiger charge is 2.20. The van der Waals surface area contributed by atoms with Crippen LogP contribution in [0.4, 0.5) is 0 Å². The summed E-state index contributed by atoms with van der Waals surface area (Å²) < 4.78 is 2.39. The van der Waals surface area contributed by atoms with Crippen LogP contribution in [0.25, 0.3) is 101 Å². The van der Waals surface area contributed by atoms with Crippen molar-refractivity contribution in [2.45, 2.75) is 12.8 Å². The normalized spacial score (nSPS) is 12.4. The van der Waals surface area contributed by atoms with E-state index in [1.54, 1.807) is 0 Å². The Bertz CT molecular complexity index is 3110. The van der Waals surface area contributed by atoms with Gasteiger partial charge in [-0.3, -0.25) is 0 Å². The molecular weight excluding hydrogens is 693 g/mol. The van der Waals surface area contributed by atoms with Crippen molar-refractivity contribution in [2.24, 2.45) is 0 Å². The van der Waals surface area contributed by atoms with Crippen LogP contribution in [0, 0.1) is 0 Å². The van der Waals surface area contributed by atoms with Crippen LogP contribution in [0.15, 0.2) is 188 Å². The average Bonchev–Trinajstić information content (AvgIpc) is 3.64. The summed E-state index contributed by atoms with van der Waals surface area (Å²) in [5.41, 5.74) is 14.1. The van der Waals surface area contributed by atoms with Crippen molar-refractivity contribution in [2.75, 3.05) is 0 Å². The maximum Gasteiger partial charge on any atom is 0.164 e. The van der Waals surface area contributed by atoms with Gasteiger partial charge < -0.3 is 4.57 Å². The van der Waals surface area contributed by atoms with Crippen molar-refractivity contribution in [3.8, 4) is 62.1 Å². The summed E-state index contributed by atoms with van der Waals surface area (Å²) in [6.07, 6.45) is 6.76. The molecule has 2 aromatic heterocycles. The summed E-state index contributed by atoms with van der Waals surface area (Å²) in [4.78, 5) is 15.0. The number of para-hydroxylation sites is 1. The van der Waals surface area contributed by atoms with E-state index in [1.807, 2.05) is 60.7 Å². The van der Waals surface area contributed by atoms with Crippen LogP contribution in [0.1, 0.15) is 17.5 Å². The van der Waals surface area contributed by atoms with Gasteiger partial charge in [0.15, 0.2) is 17.5 Å². The molecule has 2 heterocycles. The van der Waals surface area contributed by atoms with E-state index in [2.05, 4.69) is 138 Å². The molecule has 0 bridgehead atoms. The van der Waals surface area contributed by atoms with Crippen molar-refractivity contribution in [3.63, 3.8) is 0 Å². The van der Waals surface area contributed by atoms with Crippen molar-refractivity contribution >= 4 is 38.7 Å². The third-order valence-electron chi connectivity index (χ3n) is 11.3. The molecule has 4 heteroatoms. The summed E-state index contributed by atoms with van der Waals surface area (Å²) in [7, 11) is 0. The largest absolute Gasteiger partial charge is 0.309 e. The Kier molecular flexibility index (Phi) is 7.92. The van der Waals surface area contributed by atoms with E-state index in [0.717, 1.165) is 46.3 Å². The van der Waals surface area contributed by atoms with Crippen LogP contribution < -0.4 is 0 Å². The second kappa shape index (κ2) is 13.7. The minimum Gasteiger partial charge on any atom is -0.309 e. The van der Waals surface area contributed by atoms with E-state index >= 15 is 0 Å². The van der Waals surface area contributed by atoms with Gasteiger partial charge in [-0.15, -0.1) is 0 Å². The molecule has 0 spiro atoms. The second-order valence-corrected chi connectivity index (χ2v) is 14.7. The smallest absolute Gasteiger partial charge is 0.164 e. The van der Waals surface area contributed by atoms with Gasteiger partial charge in [0, 0.05) is 33.2 Å². The maximum atomic E-state index is 5.04. The Balaban J connectivity index is 1.08. The van der Waals surface area contributed by atoms with Crippen LogP contribution >= 0.6 is 0 Å². The molecule has 0 amide bonds. The van der Waals surface area contributed by atoms with Gasteiger partial charge in [-0.05, 0) is 87.3 Å². The molecule has 1 aliphatic carbocycles. The molecule has 268 valence electrons. The first kappa shape index (κ1) is 33.0. The van der Waals surface area contributed by atoms with Crippen molar-refractivity contribution in [1.82, 2.24) is 19.5 Å². The number of rotatable bonds is 6. The SMILES string of the molecule is C1=Cc2c(-c3ccc4ccc5c(c4c3)c3ccccc3n5-c3cccc(-c4nc(-c5ccccc5)nc(-c5ccccc5)n4)c3)ccc(-c3ccccc3)c2CC1. The topological polar surface area (TPSA) is 43.6 Å². The highest BCUT2D eigenvalue weighted by molar-refractivity contribution is 6.22. The number of hydrogen-bond donors (Lipinski definition) is 0. The molecule has 8 aromatic carbocycles. The fraction of sp³-hybridized carbons (Fsp3) is 0.0377. The van der Waals surface area contributed by atoms with Gasteiger partial charge in [0.1, 0.15) is 0 Å². The minimum atomic E-state index is 0.635. The zero-order valence-corrected chi connectivity index (χ0v) is 31.2. The van der Waals surface area contributed by atoms with E-state index in [0.29, 0.717) is 17.5 Å². The minimum absolute atomic E-state index is 0.635. The highest BCUT2D eigenvalue weighted by atomic mass is 15.0. The van der Waals surface area contributed by atoms with E-state index < -0.39 is 0 Å². The molecule has 10 aromatic rings. The molecule has 57 heavy (non-hydrogen) atoms. The van der Waals surface area contributed by atoms with E-state index in [4.69, 9.17) is 15.0 Å². The molecule has 0 unspecified atom stereocenters. The van der Waals surface area contributed by atoms with E-state index in [9.17, 15) is 0 Å². The number of nitrogens with zero attached hydrogens (tertiary/aromatic N) is 4. The fourth-order valence-corrected chi connectivity index (χ4v) is 8.65. The Hall–Kier alpha value is -7.43. The zero-order valence-electron chi connectivity index (χ0n) is 31.2. The van der Waals surface area contributed by atoms with Crippen LogP contribution in [0.3, 0.4) is 0 Å². The maximum absolute atomic E-state index is 5.04. The molecule has 0 N–H and O–H groups in total. The Morgan fingerprint density at radius 2 is 1.04 bits per heavy atom. The zero-order chi connectivity index (χ0) is 37.7. The summed E-state index contributed by atoms with van der Waals surface area (Å²) >= 11 is 0. The first-order chi connectivity index (χ1) is 28.3. The molecule has 11 rings (SSSR count). The standard InChI is InChI=1S/C53H36N4/c1-4-15-35(16-5-1)42-30-31-43(45-24-11-10-23-44(42)45)39-28-27-36-29-32-49-50(47(36)34-39)46-25-12-13-26-48(46)57(49)41-22-14-21-40(33-41)53-55-51(37-17-6-2-7-18-37)54-52(56-53)38-19-8-3-9-20-38/h1-9,11-22,24-34H,10,23H2. The summed E-state index contributed by atoms with van der Waals surface area (Å²) in [5.74, 6) is 1.93. The van der Waals surface area contributed by atoms with Crippen LogP contribution in [0.2, 0.25) is 0 Å². The van der Waals surface area contributed by atoms with E-state index in [-0.39, 0.29) is 0 Å². The van der Waals surface area contributed by atoms with Crippen molar-refractivity contribution < 1.29 is 0 Å². The van der Waals surface area contributed by atoms with Gasteiger partial charge in [-0.25, -0.2) is 15.0 Å². The summed E-state index contributed by atoms with van der Waals surface area (Å²) in [5, 5.41) is 4.94. The van der Waals surface area contributed by atoms with Crippen LogP contribution in [-0.4, -0.2) is 19.5 Å². The van der Waals surface area contributed by atoms with Gasteiger partial charge in [0.25, 0.3) is 0 Å². The first-order valence-corrected chi connectivity index (χ1v) is 19.6. The number of aromatic nitrogens is 4. The molecule has 0 atom stereocenters. The van der Waals surface area contributed by atoms with Gasteiger partial charge in [-0.2, -0.15) is 0 Å². The predicted molar refractivity (Wildman–Crippen MR) is 236 cm³/mol. The molecule has 0 radical (unpaired) electrons. The lowest BCUT2D eigenvalue weighted by Gasteiger charge is -2.20. The van der Waals surface area contributed by atoms with Crippen LogP contribution in [-0.2, 0) is 6.42 Å². The molecule has 0 aliphatic heterocycles. The number of hydrogen-bond acceptors (Lipinski definition) is 3. The van der Waals surface area contributed by atoms with Gasteiger partial charge in [-0.1, -0.05) is 164 Å². The summed E-state index contributed by atoms with van der Waals surface area (Å²) in [6.45, 7) is 0. The molecule has 1 aliphatic rings. The number of fused-ring (bicyclic) bond motifs is 6. The quantitative estimate of drug-likeness (QED) is 0.171. The lowest BCUT2D eigenvalue weighted by atomic mass is 9.84. The third kappa shape index (κ3) is 5.73. The van der Waals surface area contributed by atoms with Crippen molar-refractivity contribution in [1.29, 1.82) is 0 Å². The third-order valence-corrected chi connectivity index (χ3v) is 11.3. The van der Waals surface area contributed by atoms with Gasteiger partial charge >= 0.3 is 0 Å². The molecular formula is C53H36N4.